The summed E-state index contributed by atoms with van der Waals surface area (Å²) in [6.45, 7) is 4.69. The zero-order valence-electron chi connectivity index (χ0n) is 11.9. The molecule has 0 saturated heterocycles. The first-order valence-corrected chi connectivity index (χ1v) is 8.14. The van der Waals surface area contributed by atoms with Crippen LogP contribution in [0.15, 0.2) is 0 Å². The third kappa shape index (κ3) is 3.84. The fourth-order valence-electron chi connectivity index (χ4n) is 3.60. The van der Waals surface area contributed by atoms with Gasteiger partial charge in [0.15, 0.2) is 5.11 Å². The molecule has 2 N–H and O–H groups in total. The lowest BCUT2D eigenvalue weighted by atomic mass is 9.78. The van der Waals surface area contributed by atoms with E-state index in [1.807, 2.05) is 0 Å². The van der Waals surface area contributed by atoms with E-state index >= 15 is 0 Å². The van der Waals surface area contributed by atoms with Crippen molar-refractivity contribution in [3.63, 3.8) is 0 Å². The molecule has 0 heterocycles. The molecule has 2 nitrogen and oxygen atoms in total. The second kappa shape index (κ2) is 6.74. The summed E-state index contributed by atoms with van der Waals surface area (Å²) in [7, 11) is 0. The third-order valence-electron chi connectivity index (χ3n) is 4.68. The van der Waals surface area contributed by atoms with Crippen molar-refractivity contribution in [1.82, 2.24) is 10.6 Å². The van der Waals surface area contributed by atoms with Crippen LogP contribution < -0.4 is 10.6 Å². The van der Waals surface area contributed by atoms with E-state index in [1.165, 1.54) is 51.4 Å². The van der Waals surface area contributed by atoms with Gasteiger partial charge in [-0.3, -0.25) is 0 Å². The molecule has 0 bridgehead atoms. The van der Waals surface area contributed by atoms with Gasteiger partial charge in [0.05, 0.1) is 0 Å². The van der Waals surface area contributed by atoms with Gasteiger partial charge in [0.2, 0.25) is 0 Å². The van der Waals surface area contributed by atoms with Gasteiger partial charge < -0.3 is 10.6 Å². The Hall–Kier alpha value is -0.310. The highest BCUT2D eigenvalue weighted by molar-refractivity contribution is 7.80. The van der Waals surface area contributed by atoms with E-state index in [4.69, 9.17) is 12.2 Å². The molecule has 2 rings (SSSR count). The Balaban J connectivity index is 1.80. The van der Waals surface area contributed by atoms with Crippen LogP contribution in [0.2, 0.25) is 0 Å². The molecule has 2 fully saturated rings. The van der Waals surface area contributed by atoms with Crippen LogP contribution in [0.3, 0.4) is 0 Å². The highest BCUT2D eigenvalue weighted by Gasteiger charge is 2.28. The molecular formula is C15H28N2S. The molecular weight excluding hydrogens is 240 g/mol. The number of nitrogens with one attached hydrogen (secondary N) is 2. The van der Waals surface area contributed by atoms with Gasteiger partial charge in [-0.2, -0.15) is 0 Å². The van der Waals surface area contributed by atoms with E-state index in [0.29, 0.717) is 12.1 Å². The second-order valence-corrected chi connectivity index (χ2v) is 6.81. The van der Waals surface area contributed by atoms with Crippen molar-refractivity contribution in [2.45, 2.75) is 77.3 Å². The monoisotopic (exact) mass is 268 g/mol. The molecule has 2 aliphatic carbocycles. The Morgan fingerprint density at radius 3 is 2.22 bits per heavy atom. The molecule has 0 aromatic carbocycles. The van der Waals surface area contributed by atoms with Gasteiger partial charge in [0, 0.05) is 12.1 Å². The van der Waals surface area contributed by atoms with E-state index in [-0.39, 0.29) is 0 Å². The van der Waals surface area contributed by atoms with Crippen LogP contribution in [0.25, 0.3) is 0 Å². The third-order valence-corrected chi connectivity index (χ3v) is 4.92. The largest absolute Gasteiger partial charge is 0.360 e. The second-order valence-electron chi connectivity index (χ2n) is 6.40. The summed E-state index contributed by atoms with van der Waals surface area (Å²) in [5.74, 6) is 1.55. The number of thiocarbonyl (C=S) groups is 1. The lowest BCUT2D eigenvalue weighted by Gasteiger charge is -2.36. The summed E-state index contributed by atoms with van der Waals surface area (Å²) in [6.07, 6.45) is 10.7. The minimum absolute atomic E-state index is 0.597. The summed E-state index contributed by atoms with van der Waals surface area (Å²) in [6, 6.07) is 1.23. The van der Waals surface area contributed by atoms with Crippen molar-refractivity contribution in [3.8, 4) is 0 Å². The average molecular weight is 268 g/mol. The van der Waals surface area contributed by atoms with Crippen LogP contribution >= 0.6 is 12.2 Å². The lowest BCUT2D eigenvalue weighted by molar-refractivity contribution is 0.223. The van der Waals surface area contributed by atoms with Gasteiger partial charge in [-0.25, -0.2) is 0 Å². The number of hydrogen-bond acceptors (Lipinski definition) is 1. The molecule has 3 heteroatoms. The standard InChI is InChI=1S/C15H28N2S/c1-11(2)13-9-5-6-10-14(13)17-15(18)16-12-7-3-4-8-12/h11-14H,3-10H2,1-2H3,(H2,16,17,18). The normalized spacial score (nSPS) is 29.5. The highest BCUT2D eigenvalue weighted by Crippen LogP contribution is 2.30. The van der Waals surface area contributed by atoms with Crippen molar-refractivity contribution < 1.29 is 0 Å². The average Bonchev–Trinajstić information content (AvgIpc) is 2.82. The first-order chi connectivity index (χ1) is 8.66. The molecule has 0 radical (unpaired) electrons. The smallest absolute Gasteiger partial charge is 0.166 e. The van der Waals surface area contributed by atoms with Crippen LogP contribution in [-0.2, 0) is 0 Å². The summed E-state index contributed by atoms with van der Waals surface area (Å²) in [5, 5.41) is 8.01. The Bertz CT molecular complexity index is 272. The molecule has 0 amide bonds. The van der Waals surface area contributed by atoms with Crippen LogP contribution in [0.1, 0.15) is 65.2 Å². The maximum absolute atomic E-state index is 5.49. The summed E-state index contributed by atoms with van der Waals surface area (Å²) < 4.78 is 0. The van der Waals surface area contributed by atoms with E-state index in [0.717, 1.165) is 16.9 Å². The van der Waals surface area contributed by atoms with Crippen molar-refractivity contribution in [1.29, 1.82) is 0 Å². The topological polar surface area (TPSA) is 24.1 Å². The van der Waals surface area contributed by atoms with Gasteiger partial charge in [-0.15, -0.1) is 0 Å². The van der Waals surface area contributed by atoms with Crippen molar-refractivity contribution in [2.24, 2.45) is 11.8 Å². The minimum Gasteiger partial charge on any atom is -0.360 e. The Kier molecular flexibility index (Phi) is 5.28. The molecule has 2 unspecified atom stereocenters. The quantitative estimate of drug-likeness (QED) is 0.765. The molecule has 2 saturated carbocycles. The SMILES string of the molecule is CC(C)C1CCCCC1NC(=S)NC1CCCC1. The summed E-state index contributed by atoms with van der Waals surface area (Å²) in [5.41, 5.74) is 0. The van der Waals surface area contributed by atoms with Crippen LogP contribution in [0.5, 0.6) is 0 Å². The van der Waals surface area contributed by atoms with Gasteiger partial charge in [0.25, 0.3) is 0 Å². The summed E-state index contributed by atoms with van der Waals surface area (Å²) >= 11 is 5.49. The molecule has 2 aliphatic rings. The van der Waals surface area contributed by atoms with Gasteiger partial charge in [-0.05, 0) is 49.7 Å². The van der Waals surface area contributed by atoms with E-state index < -0.39 is 0 Å². The predicted octanol–water partition coefficient (Wildman–Crippen LogP) is 3.61. The molecule has 18 heavy (non-hydrogen) atoms. The molecule has 104 valence electrons. The van der Waals surface area contributed by atoms with Gasteiger partial charge >= 0.3 is 0 Å². The van der Waals surface area contributed by atoms with Crippen LogP contribution in [0.4, 0.5) is 0 Å². The van der Waals surface area contributed by atoms with E-state index in [2.05, 4.69) is 24.5 Å². The minimum atomic E-state index is 0.597. The maximum atomic E-state index is 5.49. The maximum Gasteiger partial charge on any atom is 0.166 e. The zero-order valence-corrected chi connectivity index (χ0v) is 12.7. The first-order valence-electron chi connectivity index (χ1n) is 7.74. The fraction of sp³-hybridized carbons (Fsp3) is 0.933. The zero-order chi connectivity index (χ0) is 13.0. The molecule has 0 spiro atoms. The van der Waals surface area contributed by atoms with Crippen LogP contribution in [0, 0.1) is 11.8 Å². The molecule has 0 aromatic heterocycles. The Morgan fingerprint density at radius 2 is 1.56 bits per heavy atom. The number of rotatable bonds is 3. The fourth-order valence-corrected chi connectivity index (χ4v) is 3.92. The van der Waals surface area contributed by atoms with Crippen molar-refractivity contribution in [2.75, 3.05) is 0 Å². The number of hydrogen-bond donors (Lipinski definition) is 2. The van der Waals surface area contributed by atoms with E-state index in [1.54, 1.807) is 0 Å². The van der Waals surface area contributed by atoms with Crippen molar-refractivity contribution in [3.05, 3.63) is 0 Å². The Labute approximate surface area is 117 Å². The lowest BCUT2D eigenvalue weighted by Crippen LogP contribution is -2.49. The molecule has 0 aromatic rings. The highest BCUT2D eigenvalue weighted by atomic mass is 32.1. The summed E-state index contributed by atoms with van der Waals surface area (Å²) in [4.78, 5) is 0. The van der Waals surface area contributed by atoms with Gasteiger partial charge in [-0.1, -0.05) is 39.5 Å². The van der Waals surface area contributed by atoms with Crippen LogP contribution in [-0.4, -0.2) is 17.2 Å². The predicted molar refractivity (Wildman–Crippen MR) is 81.7 cm³/mol. The Morgan fingerprint density at radius 1 is 0.944 bits per heavy atom. The van der Waals surface area contributed by atoms with Gasteiger partial charge in [0.1, 0.15) is 0 Å². The van der Waals surface area contributed by atoms with Crippen molar-refractivity contribution >= 4 is 17.3 Å². The molecule has 2 atom stereocenters. The first kappa shape index (κ1) is 14.1. The molecule has 0 aliphatic heterocycles. The van der Waals surface area contributed by atoms with E-state index in [9.17, 15) is 0 Å².